The number of urea groups is 1. The minimum Gasteiger partial charge on any atom is -0.480 e. The Kier molecular flexibility index (Phi) is 4.94. The predicted molar refractivity (Wildman–Crippen MR) is 83.0 cm³/mol. The molecule has 1 aliphatic heterocycles. The summed E-state index contributed by atoms with van der Waals surface area (Å²) in [5, 5.41) is 42.2. The normalized spacial score (nSPS) is 25.3. The standard InChI is InChI=1S/C13H16N6O7/c20-2-5-8(23)9(24)12(26-5)19-4-17-7-10(15-3-16-11(7)19)18-13(25)14-1-6(21)22/h3-5,8-9,12,20,23-24H,1-2H2,(H,21,22)(H2,14,15,16,18,25)/t5-,8+,9?,12-/m1/s1. The van der Waals surface area contributed by atoms with Crippen molar-refractivity contribution in [2.75, 3.05) is 18.5 Å². The van der Waals surface area contributed by atoms with E-state index in [4.69, 9.17) is 9.84 Å². The fourth-order valence-electron chi connectivity index (χ4n) is 2.55. The quantitative estimate of drug-likeness (QED) is 0.333. The van der Waals surface area contributed by atoms with E-state index in [1.165, 1.54) is 10.9 Å². The van der Waals surface area contributed by atoms with E-state index in [1.54, 1.807) is 0 Å². The van der Waals surface area contributed by atoms with Gasteiger partial charge in [0.05, 0.1) is 12.9 Å². The molecule has 0 radical (unpaired) electrons. The van der Waals surface area contributed by atoms with Gasteiger partial charge in [-0.2, -0.15) is 0 Å². The van der Waals surface area contributed by atoms with E-state index >= 15 is 0 Å². The van der Waals surface area contributed by atoms with Crippen LogP contribution in [0.15, 0.2) is 12.7 Å². The minimum absolute atomic E-state index is 0.0170. The number of hydrogen-bond donors (Lipinski definition) is 6. The van der Waals surface area contributed by atoms with Gasteiger partial charge in [0.25, 0.3) is 0 Å². The zero-order chi connectivity index (χ0) is 18.8. The lowest BCUT2D eigenvalue weighted by molar-refractivity contribution is -0.135. The summed E-state index contributed by atoms with van der Waals surface area (Å²) in [7, 11) is 0. The van der Waals surface area contributed by atoms with Gasteiger partial charge in [-0.1, -0.05) is 0 Å². The first-order valence-electron chi connectivity index (χ1n) is 7.49. The van der Waals surface area contributed by atoms with Crippen LogP contribution in [-0.2, 0) is 9.53 Å². The fourth-order valence-corrected chi connectivity index (χ4v) is 2.55. The molecule has 2 aromatic rings. The van der Waals surface area contributed by atoms with Crippen molar-refractivity contribution in [3.05, 3.63) is 12.7 Å². The molecular weight excluding hydrogens is 352 g/mol. The molecule has 1 unspecified atom stereocenters. The summed E-state index contributed by atoms with van der Waals surface area (Å²) in [4.78, 5) is 34.1. The number of carbonyl (C=O) groups is 2. The fraction of sp³-hybridized carbons (Fsp3) is 0.462. The van der Waals surface area contributed by atoms with Gasteiger partial charge in [0, 0.05) is 0 Å². The average Bonchev–Trinajstić information content (AvgIpc) is 3.16. The van der Waals surface area contributed by atoms with E-state index in [1.807, 2.05) is 0 Å². The maximum atomic E-state index is 11.7. The highest BCUT2D eigenvalue weighted by Gasteiger charge is 2.44. The summed E-state index contributed by atoms with van der Waals surface area (Å²) >= 11 is 0. The Bertz CT molecular complexity index is 826. The Morgan fingerprint density at radius 1 is 1.23 bits per heavy atom. The molecule has 0 aliphatic carbocycles. The highest BCUT2D eigenvalue weighted by molar-refractivity contribution is 5.96. The van der Waals surface area contributed by atoms with Crippen LogP contribution in [0.4, 0.5) is 10.6 Å². The molecule has 0 bridgehead atoms. The van der Waals surface area contributed by atoms with Crippen LogP contribution in [-0.4, -0.2) is 83.4 Å². The first kappa shape index (κ1) is 17.9. The third kappa shape index (κ3) is 3.28. The van der Waals surface area contributed by atoms with Gasteiger partial charge in [-0.3, -0.25) is 14.7 Å². The van der Waals surface area contributed by atoms with Gasteiger partial charge in [0.1, 0.15) is 31.2 Å². The lowest BCUT2D eigenvalue weighted by Crippen LogP contribution is -2.33. The number of aliphatic carboxylic acids is 1. The molecule has 140 valence electrons. The lowest BCUT2D eigenvalue weighted by atomic mass is 10.1. The maximum Gasteiger partial charge on any atom is 0.323 e. The van der Waals surface area contributed by atoms with Gasteiger partial charge in [0.15, 0.2) is 23.2 Å². The van der Waals surface area contributed by atoms with Crippen molar-refractivity contribution < 1.29 is 34.8 Å². The zero-order valence-electron chi connectivity index (χ0n) is 13.2. The van der Waals surface area contributed by atoms with E-state index in [0.717, 1.165) is 6.33 Å². The molecule has 1 fully saturated rings. The van der Waals surface area contributed by atoms with Crippen LogP contribution in [0.5, 0.6) is 0 Å². The van der Waals surface area contributed by atoms with Crippen molar-refractivity contribution in [1.29, 1.82) is 0 Å². The molecule has 2 aromatic heterocycles. The summed E-state index contributed by atoms with van der Waals surface area (Å²) in [6, 6.07) is -0.796. The number of aromatic nitrogens is 4. The van der Waals surface area contributed by atoms with Crippen LogP contribution in [0.25, 0.3) is 11.2 Å². The SMILES string of the molecule is O=C(O)CNC(=O)Nc1ncnc2c1ncn2[C@@H]1O[C@H](CO)[C@H](O)C1O. The predicted octanol–water partition coefficient (Wildman–Crippen LogP) is -2.36. The molecule has 26 heavy (non-hydrogen) atoms. The number of carboxylic acids is 1. The molecule has 0 aromatic carbocycles. The number of rotatable bonds is 5. The van der Waals surface area contributed by atoms with Crippen molar-refractivity contribution in [2.24, 2.45) is 0 Å². The molecular formula is C13H16N6O7. The van der Waals surface area contributed by atoms with E-state index in [9.17, 15) is 24.9 Å². The Hall–Kier alpha value is -2.87. The minimum atomic E-state index is -1.32. The molecule has 3 rings (SSSR count). The van der Waals surface area contributed by atoms with Gasteiger partial charge in [-0.05, 0) is 0 Å². The summed E-state index contributed by atoms with van der Waals surface area (Å²) < 4.78 is 6.76. The number of nitrogens with zero attached hydrogens (tertiary/aromatic N) is 4. The molecule has 13 heteroatoms. The van der Waals surface area contributed by atoms with Crippen LogP contribution in [0.2, 0.25) is 0 Å². The van der Waals surface area contributed by atoms with E-state index < -0.39 is 49.7 Å². The summed E-state index contributed by atoms with van der Waals surface area (Å²) in [5.41, 5.74) is 0.360. The van der Waals surface area contributed by atoms with Crippen LogP contribution in [0.1, 0.15) is 6.23 Å². The zero-order valence-corrected chi connectivity index (χ0v) is 13.2. The molecule has 4 atom stereocenters. The third-order valence-electron chi connectivity index (χ3n) is 3.78. The van der Waals surface area contributed by atoms with Crippen LogP contribution < -0.4 is 10.6 Å². The lowest BCUT2D eigenvalue weighted by Gasteiger charge is -2.16. The molecule has 1 saturated heterocycles. The second kappa shape index (κ2) is 7.17. The van der Waals surface area contributed by atoms with Gasteiger partial charge in [0.2, 0.25) is 0 Å². The van der Waals surface area contributed by atoms with Crippen molar-refractivity contribution >= 4 is 29.0 Å². The number of amides is 2. The average molecular weight is 368 g/mol. The van der Waals surface area contributed by atoms with E-state index in [2.05, 4.69) is 25.6 Å². The maximum absolute atomic E-state index is 11.7. The van der Waals surface area contributed by atoms with Crippen molar-refractivity contribution in [1.82, 2.24) is 24.8 Å². The van der Waals surface area contributed by atoms with Gasteiger partial charge in [-0.15, -0.1) is 0 Å². The van der Waals surface area contributed by atoms with Crippen molar-refractivity contribution in [3.8, 4) is 0 Å². The number of hydrogen-bond acceptors (Lipinski definition) is 9. The number of imidazole rings is 1. The molecule has 2 amide bonds. The number of aliphatic hydroxyl groups is 3. The van der Waals surface area contributed by atoms with Crippen LogP contribution in [0, 0.1) is 0 Å². The monoisotopic (exact) mass is 368 g/mol. The van der Waals surface area contributed by atoms with Gasteiger partial charge >= 0.3 is 12.0 Å². The first-order valence-corrected chi connectivity index (χ1v) is 7.49. The number of carbonyl (C=O) groups excluding carboxylic acids is 1. The smallest absolute Gasteiger partial charge is 0.323 e. The van der Waals surface area contributed by atoms with Crippen molar-refractivity contribution in [3.63, 3.8) is 0 Å². The second-order valence-electron chi connectivity index (χ2n) is 5.48. The molecule has 0 saturated carbocycles. The van der Waals surface area contributed by atoms with Crippen LogP contribution in [0.3, 0.4) is 0 Å². The van der Waals surface area contributed by atoms with Crippen molar-refractivity contribution in [2.45, 2.75) is 24.5 Å². The number of nitrogens with one attached hydrogen (secondary N) is 2. The Balaban J connectivity index is 1.85. The summed E-state index contributed by atoms with van der Waals surface area (Å²) in [5.74, 6) is -1.19. The largest absolute Gasteiger partial charge is 0.480 e. The Morgan fingerprint density at radius 2 is 2.00 bits per heavy atom. The summed E-state index contributed by atoms with van der Waals surface area (Å²) in [6.45, 7) is -1.05. The molecule has 3 heterocycles. The first-order chi connectivity index (χ1) is 12.4. The van der Waals surface area contributed by atoms with Crippen LogP contribution >= 0.6 is 0 Å². The Labute approximate surface area is 145 Å². The number of ether oxygens (including phenoxy) is 1. The number of aliphatic hydroxyl groups excluding tert-OH is 3. The number of fused-ring (bicyclic) bond motifs is 1. The number of anilines is 1. The Morgan fingerprint density at radius 3 is 2.65 bits per heavy atom. The summed E-state index contributed by atoms with van der Waals surface area (Å²) in [6.07, 6.45) is -2.21. The topological polar surface area (TPSA) is 192 Å². The van der Waals surface area contributed by atoms with E-state index in [-0.39, 0.29) is 17.0 Å². The van der Waals surface area contributed by atoms with Gasteiger partial charge < -0.3 is 30.5 Å². The number of carboxylic acid groups (broad SMARTS) is 1. The molecule has 1 aliphatic rings. The highest BCUT2D eigenvalue weighted by atomic mass is 16.6. The molecule has 13 nitrogen and oxygen atoms in total. The second-order valence-corrected chi connectivity index (χ2v) is 5.48. The highest BCUT2D eigenvalue weighted by Crippen LogP contribution is 2.31. The molecule has 6 N–H and O–H groups in total. The van der Waals surface area contributed by atoms with E-state index in [0.29, 0.717) is 0 Å². The third-order valence-corrected chi connectivity index (χ3v) is 3.78. The molecule has 0 spiro atoms. The van der Waals surface area contributed by atoms with Gasteiger partial charge in [-0.25, -0.2) is 19.7 Å².